The summed E-state index contributed by atoms with van der Waals surface area (Å²) in [4.78, 5) is 20.8. The van der Waals surface area contributed by atoms with E-state index in [1.165, 1.54) is 69.0 Å². The lowest BCUT2D eigenvalue weighted by atomic mass is 10.2. The number of aromatic nitrogens is 11. The Balaban J connectivity index is -0.000000168. The van der Waals surface area contributed by atoms with E-state index in [1.54, 1.807) is 18.5 Å². The summed E-state index contributed by atoms with van der Waals surface area (Å²) in [5.74, 6) is 5.30. The van der Waals surface area contributed by atoms with Crippen molar-refractivity contribution in [2.24, 2.45) is 29.6 Å². The first kappa shape index (κ1) is 59.0. The fourth-order valence-electron chi connectivity index (χ4n) is 1.38. The molecular weight excluding hydrogens is 703 g/mol. The maximum absolute atomic E-state index is 10.2. The SMILES string of the molecule is CC(C)C.CC(C)C.CC(C)C.CC(C)C.CC(C)C.CC(C)c1nn[nH]n1.O=c1ccocc1.c1cnoc1.c1cocn1.c1nc[nH]n1.c1ncon1. The van der Waals surface area contributed by atoms with Gasteiger partial charge in [0.15, 0.2) is 24.0 Å². The Bertz CT molecular complexity index is 1150. The van der Waals surface area contributed by atoms with E-state index >= 15 is 0 Å². The van der Waals surface area contributed by atoms with Gasteiger partial charge < -0.3 is 17.9 Å². The molecule has 0 amide bonds. The molecule has 0 spiro atoms. The Hall–Kier alpha value is -5.28. The van der Waals surface area contributed by atoms with Crippen LogP contribution in [0.4, 0.5) is 0 Å². The Labute approximate surface area is 330 Å². The van der Waals surface area contributed by atoms with Crippen molar-refractivity contribution in [3.8, 4) is 0 Å². The van der Waals surface area contributed by atoms with Crippen molar-refractivity contribution in [2.45, 2.75) is 124 Å². The molecule has 0 aliphatic carbocycles. The van der Waals surface area contributed by atoms with Gasteiger partial charge in [0, 0.05) is 18.1 Å². The van der Waals surface area contributed by atoms with Crippen LogP contribution < -0.4 is 5.43 Å². The van der Waals surface area contributed by atoms with E-state index in [-0.39, 0.29) is 5.43 Å². The van der Waals surface area contributed by atoms with Crippen LogP contribution in [0.3, 0.4) is 0 Å². The zero-order valence-corrected chi connectivity index (χ0v) is 36.6. The van der Waals surface area contributed by atoms with Gasteiger partial charge in [0.2, 0.25) is 6.39 Å². The van der Waals surface area contributed by atoms with Crippen LogP contribution in [-0.4, -0.2) is 56.1 Å². The summed E-state index contributed by atoms with van der Waals surface area (Å²) in [5, 5.41) is 25.9. The molecule has 6 heterocycles. The lowest BCUT2D eigenvalue weighted by Gasteiger charge is -1.90. The number of rotatable bonds is 1. The minimum absolute atomic E-state index is 0.0220. The molecule has 0 saturated heterocycles. The molecule has 0 aliphatic heterocycles. The molecule has 6 aromatic rings. The van der Waals surface area contributed by atoms with Crippen molar-refractivity contribution in [2.75, 3.05) is 0 Å². The molecule has 0 atom stereocenters. The third kappa shape index (κ3) is 93.5. The van der Waals surface area contributed by atoms with Gasteiger partial charge in [-0.3, -0.25) is 9.89 Å². The molecule has 0 radical (unpaired) electrons. The maximum atomic E-state index is 10.2. The molecule has 0 fully saturated rings. The molecule has 0 saturated carbocycles. The molecule has 55 heavy (non-hydrogen) atoms. The van der Waals surface area contributed by atoms with Crippen molar-refractivity contribution >= 4 is 0 Å². The van der Waals surface area contributed by atoms with Crippen LogP contribution in [0.15, 0.2) is 110 Å². The highest BCUT2D eigenvalue weighted by Gasteiger charge is 2.00. The molecule has 0 aliphatic rings. The number of oxazole rings is 1. The molecule has 16 heteroatoms. The Morgan fingerprint density at radius 3 is 1.25 bits per heavy atom. The zero-order chi connectivity index (χ0) is 43.1. The number of nitrogens with zero attached hydrogens (tertiary/aromatic N) is 9. The maximum Gasteiger partial charge on any atom is 0.213 e. The van der Waals surface area contributed by atoms with Crippen molar-refractivity contribution in [3.63, 3.8) is 0 Å². The number of hydrogen-bond donors (Lipinski definition) is 2. The topological polar surface area (TPSA) is 217 Å². The van der Waals surface area contributed by atoms with E-state index in [0.717, 1.165) is 35.4 Å². The van der Waals surface area contributed by atoms with Gasteiger partial charge in [-0.1, -0.05) is 133 Å². The Morgan fingerprint density at radius 1 is 0.564 bits per heavy atom. The average Bonchev–Trinajstić information content (AvgIpc) is 3.94. The zero-order valence-electron chi connectivity index (χ0n) is 36.6. The summed E-state index contributed by atoms with van der Waals surface area (Å²) >= 11 is 0. The molecule has 314 valence electrons. The number of nitrogens with one attached hydrogen (secondary N) is 2. The predicted molar refractivity (Wildman–Crippen MR) is 219 cm³/mol. The van der Waals surface area contributed by atoms with E-state index < -0.39 is 0 Å². The third-order valence-corrected chi connectivity index (χ3v) is 2.81. The first-order chi connectivity index (χ1) is 25.9. The lowest BCUT2D eigenvalue weighted by Crippen LogP contribution is -1.90. The summed E-state index contributed by atoms with van der Waals surface area (Å²) in [6.07, 6.45) is 15.8. The summed E-state index contributed by atoms with van der Waals surface area (Å²) < 4.78 is 17.6. The van der Waals surface area contributed by atoms with E-state index in [0.29, 0.717) is 5.92 Å². The van der Waals surface area contributed by atoms with E-state index in [9.17, 15) is 4.79 Å². The smallest absolute Gasteiger partial charge is 0.213 e. The van der Waals surface area contributed by atoms with Gasteiger partial charge in [-0.05, 0) is 35.7 Å². The van der Waals surface area contributed by atoms with Crippen LogP contribution >= 0.6 is 0 Å². The van der Waals surface area contributed by atoms with Crippen LogP contribution in [0, 0.1) is 29.6 Å². The first-order valence-corrected chi connectivity index (χ1v) is 18.3. The lowest BCUT2D eigenvalue weighted by molar-refractivity contribution is 0.416. The highest BCUT2D eigenvalue weighted by Crippen LogP contribution is 2.03. The number of H-pyrrole nitrogens is 2. The monoisotopic (exact) mass is 776 g/mol. The van der Waals surface area contributed by atoms with Gasteiger partial charge in [0.1, 0.15) is 25.2 Å². The van der Waals surface area contributed by atoms with Crippen LogP contribution in [0.5, 0.6) is 0 Å². The van der Waals surface area contributed by atoms with E-state index in [4.69, 9.17) is 0 Å². The van der Waals surface area contributed by atoms with Gasteiger partial charge in [-0.15, -0.1) is 10.2 Å². The second-order valence-corrected chi connectivity index (χ2v) is 14.3. The largest absolute Gasteiger partial charge is 0.472 e. The molecule has 0 aromatic carbocycles. The summed E-state index contributed by atoms with van der Waals surface area (Å²) in [6, 6.07) is 4.44. The van der Waals surface area contributed by atoms with Crippen molar-refractivity contribution in [1.82, 2.24) is 56.1 Å². The highest BCUT2D eigenvalue weighted by molar-refractivity contribution is 4.86. The van der Waals surface area contributed by atoms with Crippen molar-refractivity contribution in [1.29, 1.82) is 0 Å². The number of hydrogen-bond acceptors (Lipinski definition) is 14. The molecule has 2 N–H and O–H groups in total. The minimum Gasteiger partial charge on any atom is -0.472 e. The van der Waals surface area contributed by atoms with Gasteiger partial charge in [-0.2, -0.15) is 10.3 Å². The van der Waals surface area contributed by atoms with Crippen molar-refractivity contribution in [3.05, 3.63) is 103 Å². The van der Waals surface area contributed by atoms with Gasteiger partial charge in [0.25, 0.3) is 0 Å². The average molecular weight is 776 g/mol. The van der Waals surface area contributed by atoms with Crippen LogP contribution in [0.25, 0.3) is 0 Å². The Kier molecular flexibility index (Phi) is 52.3. The van der Waals surface area contributed by atoms with Gasteiger partial charge >= 0.3 is 0 Å². The minimum atomic E-state index is -0.0220. The first-order valence-electron chi connectivity index (χ1n) is 18.3. The fourth-order valence-corrected chi connectivity index (χ4v) is 1.38. The fraction of sp³-hybridized carbons (Fsp3) is 0.590. The molecule has 16 nitrogen and oxygen atoms in total. The van der Waals surface area contributed by atoms with Crippen molar-refractivity contribution < 1.29 is 17.9 Å². The molecule has 6 aromatic heterocycles. The second-order valence-electron chi connectivity index (χ2n) is 14.3. The summed E-state index contributed by atoms with van der Waals surface area (Å²) in [5.41, 5.74) is -0.0220. The molecule has 0 bridgehead atoms. The highest BCUT2D eigenvalue weighted by atomic mass is 16.5. The van der Waals surface area contributed by atoms with E-state index in [2.05, 4.69) is 178 Å². The van der Waals surface area contributed by atoms with Crippen LogP contribution in [-0.2, 0) is 0 Å². The summed E-state index contributed by atoms with van der Waals surface area (Å²) in [7, 11) is 0. The van der Waals surface area contributed by atoms with Crippen LogP contribution in [0.2, 0.25) is 0 Å². The molecule has 6 rings (SSSR count). The Morgan fingerprint density at radius 2 is 1.11 bits per heavy atom. The third-order valence-electron chi connectivity index (χ3n) is 2.81. The normalized spacial score (nSPS) is 8.78. The second kappa shape index (κ2) is 48.7. The van der Waals surface area contributed by atoms with Gasteiger partial charge in [0.05, 0.1) is 24.9 Å². The molecule has 0 unspecified atom stereocenters. The number of tetrazole rings is 1. The number of aromatic amines is 2. The van der Waals surface area contributed by atoms with Gasteiger partial charge in [-0.25, -0.2) is 15.0 Å². The van der Waals surface area contributed by atoms with E-state index in [1.807, 2.05) is 13.8 Å². The standard InChI is InChI=1S/C5H4O2.C4H8N4.5C4H10.2C3H3NO.C2H3N3.C2H2N2O/c6-5-1-3-7-4-2-5;1-3(2)4-5-7-8-6-4;5*1-4(2)3;1-2-5-3-4-1;1-2-4-5-3-1;2*1-3-2-5-4-1/h1-4H;3H,1-2H3,(H,5,6,7,8);5*4H,1-3H3;2*1-3H;1-2H,(H,3,4,5);1-2H. The summed E-state index contributed by atoms with van der Waals surface area (Å²) in [6.45, 7) is 36.5. The molecular formula is C39H73N11O5. The quantitative estimate of drug-likeness (QED) is 0.159. The van der Waals surface area contributed by atoms with Crippen LogP contribution in [0.1, 0.15) is 129 Å². The predicted octanol–water partition coefficient (Wildman–Crippen LogP) is 10.5.